The number of hydrogen-bond donors (Lipinski definition) is 3. The van der Waals surface area contributed by atoms with E-state index in [2.05, 4.69) is 36.5 Å². The van der Waals surface area contributed by atoms with Gasteiger partial charge in [-0.15, -0.1) is 0 Å². The number of benzene rings is 1. The zero-order chi connectivity index (χ0) is 23.3. The zero-order valence-electron chi connectivity index (χ0n) is 20.2. The third-order valence-electron chi connectivity index (χ3n) is 5.63. The minimum Gasteiger partial charge on any atom is -0.504 e. The van der Waals surface area contributed by atoms with Crippen molar-refractivity contribution < 1.29 is 15.0 Å². The fourth-order valence-corrected chi connectivity index (χ4v) is 3.61. The molecule has 1 rings (SSSR count). The van der Waals surface area contributed by atoms with Crippen molar-refractivity contribution in [3.8, 4) is 11.5 Å². The van der Waals surface area contributed by atoms with E-state index < -0.39 is 0 Å². The first-order valence-corrected chi connectivity index (χ1v) is 12.7. The molecule has 0 atom stereocenters. The minimum absolute atomic E-state index is 0.0931. The molecule has 0 heterocycles. The van der Waals surface area contributed by atoms with Crippen molar-refractivity contribution in [2.75, 3.05) is 6.54 Å². The van der Waals surface area contributed by atoms with E-state index in [4.69, 9.17) is 0 Å². The van der Waals surface area contributed by atoms with Gasteiger partial charge in [0, 0.05) is 13.0 Å². The molecular weight excluding hydrogens is 398 g/mol. The van der Waals surface area contributed by atoms with Crippen LogP contribution < -0.4 is 5.32 Å². The summed E-state index contributed by atoms with van der Waals surface area (Å²) in [5, 5.41) is 21.7. The van der Waals surface area contributed by atoms with E-state index in [1.807, 2.05) is 0 Å². The number of amides is 1. The molecule has 4 heteroatoms. The number of phenolic OH excluding ortho intramolecular Hbond substituents is 2. The van der Waals surface area contributed by atoms with Gasteiger partial charge in [-0.1, -0.05) is 82.2 Å². The van der Waals surface area contributed by atoms with Crippen LogP contribution in [0.5, 0.6) is 11.5 Å². The lowest BCUT2D eigenvalue weighted by molar-refractivity contribution is -0.121. The number of allylic oxidation sites excluding steroid dienone is 4. The number of unbranched alkanes of at least 4 members (excludes halogenated alkanes) is 10. The second-order valence-electron chi connectivity index (χ2n) is 8.61. The number of hydrogen-bond acceptors (Lipinski definition) is 3. The first-order valence-electron chi connectivity index (χ1n) is 12.7. The fraction of sp³-hybridized carbons (Fsp3) is 0.607. The van der Waals surface area contributed by atoms with Crippen LogP contribution in [0.15, 0.2) is 42.5 Å². The molecule has 4 nitrogen and oxygen atoms in total. The summed E-state index contributed by atoms with van der Waals surface area (Å²) < 4.78 is 0. The number of rotatable bonds is 19. The summed E-state index contributed by atoms with van der Waals surface area (Å²) in [7, 11) is 0. The largest absolute Gasteiger partial charge is 0.504 e. The molecule has 0 saturated heterocycles. The maximum Gasteiger partial charge on any atom is 0.220 e. The third kappa shape index (κ3) is 15.6. The van der Waals surface area contributed by atoms with Crippen LogP contribution >= 0.6 is 0 Å². The third-order valence-corrected chi connectivity index (χ3v) is 5.63. The Labute approximate surface area is 195 Å². The van der Waals surface area contributed by atoms with Gasteiger partial charge in [-0.25, -0.2) is 0 Å². The molecule has 0 aromatic heterocycles. The molecule has 0 aliphatic carbocycles. The highest BCUT2D eigenvalue weighted by Gasteiger charge is 2.03. The second-order valence-corrected chi connectivity index (χ2v) is 8.61. The van der Waals surface area contributed by atoms with Crippen molar-refractivity contribution in [1.82, 2.24) is 5.32 Å². The molecule has 0 aliphatic heterocycles. The predicted molar refractivity (Wildman–Crippen MR) is 135 cm³/mol. The van der Waals surface area contributed by atoms with Gasteiger partial charge in [0.1, 0.15) is 0 Å². The Morgan fingerprint density at radius 1 is 0.812 bits per heavy atom. The Morgan fingerprint density at radius 2 is 1.44 bits per heavy atom. The number of nitrogens with one attached hydrogen (secondary N) is 1. The Balaban J connectivity index is 1.86. The van der Waals surface area contributed by atoms with E-state index in [-0.39, 0.29) is 17.4 Å². The van der Waals surface area contributed by atoms with Gasteiger partial charge in [-0.3, -0.25) is 4.79 Å². The lowest BCUT2D eigenvalue weighted by Crippen LogP contribution is -2.25. The summed E-state index contributed by atoms with van der Waals surface area (Å²) in [6, 6.07) is 4.76. The van der Waals surface area contributed by atoms with Crippen LogP contribution in [0.1, 0.15) is 102 Å². The number of carbonyl (C=O) groups excluding carboxylic acids is 1. The topological polar surface area (TPSA) is 69.6 Å². The van der Waals surface area contributed by atoms with Crippen molar-refractivity contribution in [1.29, 1.82) is 0 Å². The Morgan fingerprint density at radius 3 is 2.09 bits per heavy atom. The van der Waals surface area contributed by atoms with Gasteiger partial charge in [0.05, 0.1) is 0 Å². The molecule has 180 valence electrons. The van der Waals surface area contributed by atoms with E-state index in [0.717, 1.165) is 24.8 Å². The van der Waals surface area contributed by atoms with Crippen molar-refractivity contribution in [3.05, 3.63) is 48.1 Å². The number of carbonyl (C=O) groups is 1. The van der Waals surface area contributed by atoms with Gasteiger partial charge >= 0.3 is 0 Å². The molecule has 32 heavy (non-hydrogen) atoms. The highest BCUT2D eigenvalue weighted by atomic mass is 16.3. The summed E-state index contributed by atoms with van der Waals surface area (Å²) in [4.78, 5) is 11.9. The van der Waals surface area contributed by atoms with E-state index in [1.165, 1.54) is 76.3 Å². The minimum atomic E-state index is -0.119. The van der Waals surface area contributed by atoms with E-state index in [0.29, 0.717) is 19.4 Å². The normalized spacial score (nSPS) is 11.5. The molecule has 0 bridgehead atoms. The lowest BCUT2D eigenvalue weighted by Gasteiger charge is -2.06. The molecule has 0 aliphatic rings. The van der Waals surface area contributed by atoms with Crippen LogP contribution in [0.25, 0.3) is 0 Å². The summed E-state index contributed by atoms with van der Waals surface area (Å²) >= 11 is 0. The number of aromatic hydroxyl groups is 2. The highest BCUT2D eigenvalue weighted by Crippen LogP contribution is 2.24. The molecule has 1 aromatic rings. The van der Waals surface area contributed by atoms with Crippen molar-refractivity contribution >= 4 is 5.91 Å². The second kappa shape index (κ2) is 19.5. The van der Waals surface area contributed by atoms with E-state index in [9.17, 15) is 15.0 Å². The maximum atomic E-state index is 11.9. The van der Waals surface area contributed by atoms with Crippen LogP contribution in [-0.2, 0) is 11.2 Å². The average molecular weight is 444 g/mol. The molecular formula is C28H45NO3. The van der Waals surface area contributed by atoms with E-state index in [1.54, 1.807) is 6.07 Å². The average Bonchev–Trinajstić information content (AvgIpc) is 2.78. The summed E-state index contributed by atoms with van der Waals surface area (Å²) in [5.74, 6) is -0.145. The molecule has 1 amide bonds. The quantitative estimate of drug-likeness (QED) is 0.119. The maximum absolute atomic E-state index is 11.9. The van der Waals surface area contributed by atoms with E-state index >= 15 is 0 Å². The summed E-state index contributed by atoms with van der Waals surface area (Å²) in [5.41, 5.74) is 0.894. The van der Waals surface area contributed by atoms with Crippen molar-refractivity contribution in [3.63, 3.8) is 0 Å². The lowest BCUT2D eigenvalue weighted by atomic mass is 10.1. The van der Waals surface area contributed by atoms with Gasteiger partial charge in [0.2, 0.25) is 5.91 Å². The SMILES string of the molecule is CCCCC/C=C\C/C=C\CCCCCCCCCC(=O)NCCc1ccc(O)c(O)c1. The van der Waals surface area contributed by atoms with Crippen LogP contribution in [0.2, 0.25) is 0 Å². The smallest absolute Gasteiger partial charge is 0.220 e. The predicted octanol–water partition coefficient (Wildman–Crippen LogP) is 7.35. The first-order chi connectivity index (χ1) is 15.6. The molecule has 0 unspecified atom stereocenters. The molecule has 3 N–H and O–H groups in total. The Kier molecular flexibility index (Phi) is 16.9. The van der Waals surface area contributed by atoms with Crippen LogP contribution in [0, 0.1) is 0 Å². The van der Waals surface area contributed by atoms with Gasteiger partial charge < -0.3 is 15.5 Å². The summed E-state index contributed by atoms with van der Waals surface area (Å²) in [6.07, 6.45) is 26.2. The van der Waals surface area contributed by atoms with Crippen molar-refractivity contribution in [2.45, 2.75) is 103 Å². The van der Waals surface area contributed by atoms with Gasteiger partial charge in [-0.2, -0.15) is 0 Å². The van der Waals surface area contributed by atoms with Crippen molar-refractivity contribution in [2.24, 2.45) is 0 Å². The van der Waals surface area contributed by atoms with Gasteiger partial charge in [-0.05, 0) is 62.6 Å². The van der Waals surface area contributed by atoms with Gasteiger partial charge in [0.25, 0.3) is 0 Å². The van der Waals surface area contributed by atoms with Crippen LogP contribution in [0.4, 0.5) is 0 Å². The first kappa shape index (κ1) is 27.8. The Hall–Kier alpha value is -2.23. The molecule has 0 radical (unpaired) electrons. The monoisotopic (exact) mass is 443 g/mol. The van der Waals surface area contributed by atoms with Crippen LogP contribution in [-0.4, -0.2) is 22.7 Å². The van der Waals surface area contributed by atoms with Crippen LogP contribution in [0.3, 0.4) is 0 Å². The summed E-state index contributed by atoms with van der Waals surface area (Å²) in [6.45, 7) is 2.79. The Bertz CT molecular complexity index is 667. The highest BCUT2D eigenvalue weighted by molar-refractivity contribution is 5.75. The molecule has 0 spiro atoms. The molecule has 1 aromatic carbocycles. The zero-order valence-corrected chi connectivity index (χ0v) is 20.2. The molecule has 0 saturated carbocycles. The number of phenols is 2. The molecule has 0 fully saturated rings. The standard InChI is InChI=1S/C28H45NO3/c1-2-3-4-5-6-7-8-9-10-11-12-13-14-15-16-17-18-19-28(32)29-23-22-25-20-21-26(30)27(31)24-25/h6-7,9-10,20-21,24,30-31H,2-5,8,11-19,22-23H2,1H3,(H,29,32)/b7-6-,10-9-. The van der Waals surface area contributed by atoms with Gasteiger partial charge in [0.15, 0.2) is 11.5 Å². The fourth-order valence-electron chi connectivity index (χ4n) is 3.61.